The van der Waals surface area contributed by atoms with Crippen LogP contribution in [0.1, 0.15) is 65.7 Å². The minimum absolute atomic E-state index is 0.341. The molecule has 0 spiro atoms. The fourth-order valence-corrected chi connectivity index (χ4v) is 4.72. The molecule has 0 radical (unpaired) electrons. The van der Waals surface area contributed by atoms with Gasteiger partial charge in [-0.1, -0.05) is 33.6 Å². The average molecular weight is 296 g/mol. The van der Waals surface area contributed by atoms with Gasteiger partial charge in [0.2, 0.25) is 0 Å². The second-order valence-electron chi connectivity index (χ2n) is 7.83. The molecule has 0 aromatic rings. The van der Waals surface area contributed by atoms with Crippen molar-refractivity contribution in [1.29, 1.82) is 0 Å². The molecule has 3 unspecified atom stereocenters. The van der Waals surface area contributed by atoms with Crippen molar-refractivity contribution >= 4 is 0 Å². The molecule has 1 heterocycles. The maximum absolute atomic E-state index is 9.32. The van der Waals surface area contributed by atoms with Gasteiger partial charge in [-0.2, -0.15) is 0 Å². The molecular formula is C18H36N2O. The van der Waals surface area contributed by atoms with Crippen LogP contribution in [0.25, 0.3) is 0 Å². The lowest BCUT2D eigenvalue weighted by molar-refractivity contribution is 0.0458. The number of hydrogen-bond acceptors (Lipinski definition) is 3. The van der Waals surface area contributed by atoms with Crippen LogP contribution in [-0.2, 0) is 0 Å². The first-order valence-corrected chi connectivity index (χ1v) is 9.16. The van der Waals surface area contributed by atoms with Gasteiger partial charge in [0.15, 0.2) is 0 Å². The summed E-state index contributed by atoms with van der Waals surface area (Å²) in [5.74, 6) is 0.771. The first-order valence-electron chi connectivity index (χ1n) is 9.16. The van der Waals surface area contributed by atoms with E-state index in [-0.39, 0.29) is 0 Å². The largest absolute Gasteiger partial charge is 0.396 e. The number of hydrogen-bond donors (Lipinski definition) is 2. The Balaban J connectivity index is 2.00. The van der Waals surface area contributed by atoms with Crippen molar-refractivity contribution < 1.29 is 5.11 Å². The van der Waals surface area contributed by atoms with E-state index >= 15 is 0 Å². The zero-order valence-corrected chi connectivity index (χ0v) is 14.4. The number of likely N-dealkylation sites (tertiary alicyclic amines) is 1. The van der Waals surface area contributed by atoms with E-state index < -0.39 is 0 Å². The molecule has 21 heavy (non-hydrogen) atoms. The Hall–Kier alpha value is -0.120. The fraction of sp³-hybridized carbons (Fsp3) is 1.00. The van der Waals surface area contributed by atoms with E-state index in [1.807, 2.05) is 0 Å². The summed E-state index contributed by atoms with van der Waals surface area (Å²) >= 11 is 0. The third kappa shape index (κ3) is 4.43. The van der Waals surface area contributed by atoms with Crippen molar-refractivity contribution in [3.8, 4) is 0 Å². The molecule has 1 aliphatic heterocycles. The molecule has 2 aliphatic rings. The Labute approximate surface area is 131 Å². The van der Waals surface area contributed by atoms with Gasteiger partial charge in [0.05, 0.1) is 0 Å². The van der Waals surface area contributed by atoms with Crippen LogP contribution in [0.4, 0.5) is 0 Å². The molecule has 0 amide bonds. The van der Waals surface area contributed by atoms with E-state index in [2.05, 4.69) is 31.0 Å². The molecule has 1 saturated carbocycles. The van der Waals surface area contributed by atoms with Crippen LogP contribution in [0.15, 0.2) is 0 Å². The van der Waals surface area contributed by atoms with Crippen LogP contribution in [0.3, 0.4) is 0 Å². The second kappa shape index (κ2) is 7.94. The number of aliphatic hydroxyl groups excluding tert-OH is 1. The molecule has 0 aromatic heterocycles. The van der Waals surface area contributed by atoms with Gasteiger partial charge in [0.1, 0.15) is 0 Å². The molecule has 3 nitrogen and oxygen atoms in total. The zero-order chi connectivity index (χ0) is 15.3. The third-order valence-corrected chi connectivity index (χ3v) is 5.81. The van der Waals surface area contributed by atoms with Crippen LogP contribution in [0.5, 0.6) is 0 Å². The second-order valence-corrected chi connectivity index (χ2v) is 7.83. The highest BCUT2D eigenvalue weighted by molar-refractivity contribution is 4.95. The van der Waals surface area contributed by atoms with Gasteiger partial charge >= 0.3 is 0 Å². The zero-order valence-electron chi connectivity index (χ0n) is 14.4. The summed E-state index contributed by atoms with van der Waals surface area (Å²) in [5.41, 5.74) is 0.418. The number of aliphatic hydroxyl groups is 1. The van der Waals surface area contributed by atoms with E-state index in [1.165, 1.54) is 51.6 Å². The van der Waals surface area contributed by atoms with Crippen molar-refractivity contribution in [2.75, 3.05) is 26.2 Å². The first kappa shape index (κ1) is 17.2. The van der Waals surface area contributed by atoms with E-state index in [4.69, 9.17) is 0 Å². The molecule has 0 aromatic carbocycles. The number of piperidine rings is 1. The maximum atomic E-state index is 9.32. The summed E-state index contributed by atoms with van der Waals surface area (Å²) in [6.07, 6.45) is 9.01. The quantitative estimate of drug-likeness (QED) is 0.791. The van der Waals surface area contributed by atoms with E-state index in [0.29, 0.717) is 24.1 Å². The molecule has 2 fully saturated rings. The summed E-state index contributed by atoms with van der Waals surface area (Å²) in [7, 11) is 0. The summed E-state index contributed by atoms with van der Waals surface area (Å²) in [5, 5.41) is 13.1. The smallest absolute Gasteiger partial charge is 0.0445 e. The minimum Gasteiger partial charge on any atom is -0.396 e. The first-order chi connectivity index (χ1) is 10.1. The lowest BCUT2D eigenvalue weighted by Crippen LogP contribution is -2.54. The molecule has 2 rings (SSSR count). The Bertz CT molecular complexity index is 304. The number of nitrogens with one attached hydrogen (secondary N) is 1. The van der Waals surface area contributed by atoms with Crippen molar-refractivity contribution in [1.82, 2.24) is 10.2 Å². The van der Waals surface area contributed by atoms with Crippen LogP contribution < -0.4 is 5.32 Å². The molecule has 1 aliphatic carbocycles. The van der Waals surface area contributed by atoms with Crippen LogP contribution in [0.2, 0.25) is 0 Å². The highest BCUT2D eigenvalue weighted by Crippen LogP contribution is 2.40. The van der Waals surface area contributed by atoms with Crippen molar-refractivity contribution in [2.45, 2.75) is 77.8 Å². The van der Waals surface area contributed by atoms with Gasteiger partial charge in [0.25, 0.3) is 0 Å². The predicted molar refractivity (Wildman–Crippen MR) is 89.5 cm³/mol. The van der Waals surface area contributed by atoms with Gasteiger partial charge < -0.3 is 10.4 Å². The highest BCUT2D eigenvalue weighted by Gasteiger charge is 2.39. The lowest BCUT2D eigenvalue weighted by Gasteiger charge is -2.47. The maximum Gasteiger partial charge on any atom is 0.0445 e. The molecule has 2 N–H and O–H groups in total. The van der Waals surface area contributed by atoms with Gasteiger partial charge in [-0.25, -0.2) is 0 Å². The van der Waals surface area contributed by atoms with Crippen molar-refractivity contribution in [2.24, 2.45) is 11.3 Å². The molecule has 3 atom stereocenters. The monoisotopic (exact) mass is 296 g/mol. The summed E-state index contributed by atoms with van der Waals surface area (Å²) < 4.78 is 0. The lowest BCUT2D eigenvalue weighted by atomic mass is 9.67. The van der Waals surface area contributed by atoms with Gasteiger partial charge in [0, 0.05) is 25.2 Å². The standard InChI is InChI=1S/C18H36N2O/c1-4-19-17-15(8-7-11-18(17,2)3)14-20-12-6-5-9-16(20)10-13-21/h15-17,19,21H,4-14H2,1-3H3. The minimum atomic E-state index is 0.341. The van der Waals surface area contributed by atoms with Crippen molar-refractivity contribution in [3.05, 3.63) is 0 Å². The molecule has 124 valence electrons. The SMILES string of the molecule is CCNC1C(CN2CCCCC2CCO)CCCC1(C)C. The van der Waals surface area contributed by atoms with Crippen LogP contribution >= 0.6 is 0 Å². The highest BCUT2D eigenvalue weighted by atomic mass is 16.3. The fourth-order valence-electron chi connectivity index (χ4n) is 4.72. The number of rotatable bonds is 6. The third-order valence-electron chi connectivity index (χ3n) is 5.81. The van der Waals surface area contributed by atoms with E-state index in [1.54, 1.807) is 0 Å². The molecule has 3 heteroatoms. The number of nitrogens with zero attached hydrogens (tertiary/aromatic N) is 1. The normalized spacial score (nSPS) is 34.0. The average Bonchev–Trinajstić information content (AvgIpc) is 2.45. The van der Waals surface area contributed by atoms with E-state index in [9.17, 15) is 5.11 Å². The van der Waals surface area contributed by atoms with Crippen molar-refractivity contribution in [3.63, 3.8) is 0 Å². The summed E-state index contributed by atoms with van der Waals surface area (Å²) in [4.78, 5) is 2.69. The Morgan fingerprint density at radius 2 is 2.00 bits per heavy atom. The molecule has 1 saturated heterocycles. The topological polar surface area (TPSA) is 35.5 Å². The van der Waals surface area contributed by atoms with Gasteiger partial charge in [-0.3, -0.25) is 4.90 Å². The molecule has 0 bridgehead atoms. The van der Waals surface area contributed by atoms with Crippen LogP contribution in [0, 0.1) is 11.3 Å². The summed E-state index contributed by atoms with van der Waals surface area (Å²) in [6, 6.07) is 1.27. The molecular weight excluding hydrogens is 260 g/mol. The Morgan fingerprint density at radius 3 is 2.71 bits per heavy atom. The predicted octanol–water partition coefficient (Wildman–Crippen LogP) is 3.03. The Morgan fingerprint density at radius 1 is 1.19 bits per heavy atom. The van der Waals surface area contributed by atoms with Gasteiger partial charge in [-0.05, 0) is 56.5 Å². The Kier molecular flexibility index (Phi) is 6.51. The van der Waals surface area contributed by atoms with E-state index in [0.717, 1.165) is 18.9 Å². The van der Waals surface area contributed by atoms with Gasteiger partial charge in [-0.15, -0.1) is 0 Å². The summed E-state index contributed by atoms with van der Waals surface area (Å²) in [6.45, 7) is 11.0. The van der Waals surface area contributed by atoms with Crippen LogP contribution in [-0.4, -0.2) is 48.3 Å².